The van der Waals surface area contributed by atoms with Crippen LogP contribution in [0.25, 0.3) is 0 Å². The zero-order chi connectivity index (χ0) is 15.2. The van der Waals surface area contributed by atoms with Crippen LogP contribution >= 0.6 is 15.9 Å². The van der Waals surface area contributed by atoms with Crippen LogP contribution in [0.15, 0.2) is 59.1 Å². The van der Waals surface area contributed by atoms with Crippen molar-refractivity contribution in [2.75, 3.05) is 6.54 Å². The minimum absolute atomic E-state index is 0.354. The Morgan fingerprint density at radius 2 is 1.57 bits per heavy atom. The average molecular weight is 346 g/mol. The Bertz CT molecular complexity index is 551. The first-order valence-corrected chi connectivity index (χ1v) is 8.41. The van der Waals surface area contributed by atoms with Crippen molar-refractivity contribution in [3.63, 3.8) is 0 Å². The van der Waals surface area contributed by atoms with Crippen molar-refractivity contribution in [2.24, 2.45) is 5.92 Å². The predicted molar refractivity (Wildman–Crippen MR) is 94.6 cm³/mol. The Morgan fingerprint density at radius 1 is 0.905 bits per heavy atom. The fraction of sp³-hybridized carbons (Fsp3) is 0.368. The van der Waals surface area contributed by atoms with Crippen molar-refractivity contribution in [3.05, 3.63) is 70.2 Å². The normalized spacial score (nSPS) is 14.1. The van der Waals surface area contributed by atoms with E-state index < -0.39 is 0 Å². The summed E-state index contributed by atoms with van der Waals surface area (Å²) in [7, 11) is 0. The number of hydrogen-bond acceptors (Lipinski definition) is 1. The SMILES string of the molecule is CC(C)C(CN[C@H](C)c1cccc(Br)c1)c1ccccc1. The van der Waals surface area contributed by atoms with Crippen molar-refractivity contribution in [1.29, 1.82) is 0 Å². The van der Waals surface area contributed by atoms with Gasteiger partial charge in [0.1, 0.15) is 0 Å². The van der Waals surface area contributed by atoms with Gasteiger partial charge in [-0.15, -0.1) is 0 Å². The van der Waals surface area contributed by atoms with E-state index in [9.17, 15) is 0 Å². The maximum absolute atomic E-state index is 3.69. The van der Waals surface area contributed by atoms with Gasteiger partial charge in [-0.3, -0.25) is 0 Å². The summed E-state index contributed by atoms with van der Waals surface area (Å²) in [5.74, 6) is 1.16. The molecule has 2 aromatic rings. The van der Waals surface area contributed by atoms with E-state index >= 15 is 0 Å². The van der Waals surface area contributed by atoms with Crippen LogP contribution in [-0.2, 0) is 0 Å². The van der Waals surface area contributed by atoms with Crippen molar-refractivity contribution >= 4 is 15.9 Å². The summed E-state index contributed by atoms with van der Waals surface area (Å²) < 4.78 is 1.14. The number of nitrogens with one attached hydrogen (secondary N) is 1. The highest BCUT2D eigenvalue weighted by atomic mass is 79.9. The summed E-state index contributed by atoms with van der Waals surface area (Å²) in [6, 6.07) is 19.7. The van der Waals surface area contributed by atoms with E-state index in [2.05, 4.69) is 96.6 Å². The Balaban J connectivity index is 2.02. The van der Waals surface area contributed by atoms with Crippen molar-refractivity contribution < 1.29 is 0 Å². The molecule has 0 radical (unpaired) electrons. The molecule has 0 aromatic heterocycles. The first-order chi connectivity index (χ1) is 10.1. The third kappa shape index (κ3) is 4.69. The minimum atomic E-state index is 0.354. The van der Waals surface area contributed by atoms with Crippen LogP contribution in [-0.4, -0.2) is 6.54 Å². The molecule has 0 spiro atoms. The number of rotatable bonds is 6. The molecule has 112 valence electrons. The minimum Gasteiger partial charge on any atom is -0.310 e. The highest BCUT2D eigenvalue weighted by Crippen LogP contribution is 2.25. The lowest BCUT2D eigenvalue weighted by molar-refractivity contribution is 0.436. The molecule has 1 nitrogen and oxygen atoms in total. The lowest BCUT2D eigenvalue weighted by atomic mass is 9.88. The van der Waals surface area contributed by atoms with Crippen LogP contribution in [0.2, 0.25) is 0 Å². The highest BCUT2D eigenvalue weighted by Gasteiger charge is 2.16. The molecule has 0 bridgehead atoms. The molecule has 0 fully saturated rings. The molecule has 1 unspecified atom stereocenters. The van der Waals surface area contributed by atoms with E-state index in [1.165, 1.54) is 11.1 Å². The van der Waals surface area contributed by atoms with E-state index in [-0.39, 0.29) is 0 Å². The van der Waals surface area contributed by atoms with Crippen LogP contribution in [0.5, 0.6) is 0 Å². The molecule has 1 N–H and O–H groups in total. The van der Waals surface area contributed by atoms with E-state index in [4.69, 9.17) is 0 Å². The molecule has 0 aliphatic rings. The number of benzene rings is 2. The first-order valence-electron chi connectivity index (χ1n) is 7.61. The zero-order valence-electron chi connectivity index (χ0n) is 13.0. The third-order valence-corrected chi connectivity index (χ3v) is 4.52. The summed E-state index contributed by atoms with van der Waals surface area (Å²) >= 11 is 3.54. The van der Waals surface area contributed by atoms with Gasteiger partial charge in [-0.2, -0.15) is 0 Å². The second-order valence-corrected chi connectivity index (χ2v) is 6.86. The lowest BCUT2D eigenvalue weighted by Gasteiger charge is -2.24. The fourth-order valence-electron chi connectivity index (χ4n) is 2.64. The van der Waals surface area contributed by atoms with Gasteiger partial charge >= 0.3 is 0 Å². The molecular weight excluding hydrogens is 322 g/mol. The van der Waals surface area contributed by atoms with Gasteiger partial charge in [0.25, 0.3) is 0 Å². The van der Waals surface area contributed by atoms with Gasteiger partial charge in [-0.25, -0.2) is 0 Å². The summed E-state index contributed by atoms with van der Waals surface area (Å²) in [6.07, 6.45) is 0. The number of hydrogen-bond donors (Lipinski definition) is 1. The first kappa shape index (κ1) is 16.3. The maximum atomic E-state index is 3.69. The standard InChI is InChI=1S/C19H24BrN/c1-14(2)19(16-8-5-4-6-9-16)13-21-15(3)17-10-7-11-18(20)12-17/h4-12,14-15,19,21H,13H2,1-3H3/t15-,19?/m1/s1. The van der Waals surface area contributed by atoms with E-state index in [1.54, 1.807) is 0 Å². The predicted octanol–water partition coefficient (Wildman–Crippen LogP) is 5.54. The number of halogens is 1. The molecule has 21 heavy (non-hydrogen) atoms. The molecule has 0 aliphatic carbocycles. The smallest absolute Gasteiger partial charge is 0.0292 e. The van der Waals surface area contributed by atoms with Gasteiger partial charge in [0.15, 0.2) is 0 Å². The van der Waals surface area contributed by atoms with Gasteiger partial charge in [-0.1, -0.05) is 72.2 Å². The van der Waals surface area contributed by atoms with E-state index in [1.807, 2.05) is 0 Å². The quantitative estimate of drug-likeness (QED) is 0.724. The zero-order valence-corrected chi connectivity index (χ0v) is 14.6. The summed E-state index contributed by atoms with van der Waals surface area (Å²) in [5.41, 5.74) is 2.74. The summed E-state index contributed by atoms with van der Waals surface area (Å²) in [6.45, 7) is 7.81. The summed E-state index contributed by atoms with van der Waals surface area (Å²) in [5, 5.41) is 3.69. The molecule has 2 atom stereocenters. The van der Waals surface area contributed by atoms with Crippen molar-refractivity contribution in [3.8, 4) is 0 Å². The lowest BCUT2D eigenvalue weighted by Crippen LogP contribution is -2.27. The molecule has 2 aromatic carbocycles. The van der Waals surface area contributed by atoms with Crippen LogP contribution in [0.4, 0.5) is 0 Å². The van der Waals surface area contributed by atoms with Crippen LogP contribution in [0, 0.1) is 5.92 Å². The van der Waals surface area contributed by atoms with Gasteiger partial charge in [0.2, 0.25) is 0 Å². The fourth-order valence-corrected chi connectivity index (χ4v) is 3.05. The molecule has 2 heteroatoms. The molecule has 0 saturated heterocycles. The van der Waals surface area contributed by atoms with E-state index in [0.29, 0.717) is 17.9 Å². The molecule has 0 saturated carbocycles. The van der Waals surface area contributed by atoms with Crippen LogP contribution < -0.4 is 5.32 Å². The molecule has 0 heterocycles. The Hall–Kier alpha value is -1.12. The van der Waals surface area contributed by atoms with Gasteiger partial charge < -0.3 is 5.32 Å². The average Bonchev–Trinajstić information content (AvgIpc) is 2.48. The second kappa shape index (κ2) is 7.77. The third-order valence-electron chi connectivity index (χ3n) is 4.03. The topological polar surface area (TPSA) is 12.0 Å². The maximum Gasteiger partial charge on any atom is 0.0292 e. The Kier molecular flexibility index (Phi) is 6.01. The monoisotopic (exact) mass is 345 g/mol. The van der Waals surface area contributed by atoms with Gasteiger partial charge in [0, 0.05) is 17.1 Å². The molecule has 0 aliphatic heterocycles. The molecular formula is C19H24BrN. The van der Waals surface area contributed by atoms with Crippen molar-refractivity contribution in [2.45, 2.75) is 32.7 Å². The van der Waals surface area contributed by atoms with E-state index in [0.717, 1.165) is 11.0 Å². The van der Waals surface area contributed by atoms with Crippen LogP contribution in [0.3, 0.4) is 0 Å². The van der Waals surface area contributed by atoms with Gasteiger partial charge in [-0.05, 0) is 42.0 Å². The molecule has 2 rings (SSSR count). The van der Waals surface area contributed by atoms with Crippen molar-refractivity contribution in [1.82, 2.24) is 5.32 Å². The Morgan fingerprint density at radius 3 is 2.19 bits per heavy atom. The Labute approximate surface area is 136 Å². The van der Waals surface area contributed by atoms with Crippen LogP contribution in [0.1, 0.15) is 43.9 Å². The molecule has 0 amide bonds. The largest absolute Gasteiger partial charge is 0.310 e. The van der Waals surface area contributed by atoms with Gasteiger partial charge in [0.05, 0.1) is 0 Å². The summed E-state index contributed by atoms with van der Waals surface area (Å²) in [4.78, 5) is 0. The highest BCUT2D eigenvalue weighted by molar-refractivity contribution is 9.10. The second-order valence-electron chi connectivity index (χ2n) is 5.95.